The third kappa shape index (κ3) is 3.79. The third-order valence-corrected chi connectivity index (χ3v) is 3.79. The number of aromatic hydroxyl groups is 1. The van der Waals surface area contributed by atoms with E-state index in [1.165, 1.54) is 24.1 Å². The van der Waals surface area contributed by atoms with Gasteiger partial charge in [0, 0.05) is 23.3 Å². The Hall–Kier alpha value is -2.47. The van der Waals surface area contributed by atoms with Gasteiger partial charge in [-0.2, -0.15) is 0 Å². The fourth-order valence-electron chi connectivity index (χ4n) is 1.83. The molecule has 0 atom stereocenters. The molecule has 0 saturated heterocycles. The number of benzene rings is 2. The summed E-state index contributed by atoms with van der Waals surface area (Å²) in [7, 11) is 1.51. The average Bonchev–Trinajstić information content (AvgIpc) is 2.54. The number of carbonyl (C=O) groups is 2. The van der Waals surface area contributed by atoms with Crippen molar-refractivity contribution in [3.63, 3.8) is 0 Å². The summed E-state index contributed by atoms with van der Waals surface area (Å²) >= 11 is 1.55. The smallest absolute Gasteiger partial charge is 0.316 e. The van der Waals surface area contributed by atoms with Crippen LogP contribution in [-0.2, 0) is 9.59 Å². The Morgan fingerprint density at radius 3 is 2.45 bits per heavy atom. The molecule has 0 aliphatic rings. The maximum atomic E-state index is 12.1. The van der Waals surface area contributed by atoms with Crippen molar-refractivity contribution >= 4 is 35.0 Å². The van der Waals surface area contributed by atoms with Crippen molar-refractivity contribution < 1.29 is 14.7 Å². The first-order valence-corrected chi connectivity index (χ1v) is 7.76. The molecule has 0 spiro atoms. The van der Waals surface area contributed by atoms with Crippen molar-refractivity contribution in [3.8, 4) is 5.75 Å². The number of hydrogen-bond donors (Lipinski definition) is 2. The molecule has 0 radical (unpaired) electrons. The Morgan fingerprint density at radius 1 is 1.14 bits per heavy atom. The number of phenolic OH excluding ortho intramolecular Hbond substituents is 1. The normalized spacial score (nSPS) is 10.1. The summed E-state index contributed by atoms with van der Waals surface area (Å²) in [4.78, 5) is 26.4. The van der Waals surface area contributed by atoms with Crippen molar-refractivity contribution in [1.82, 2.24) is 0 Å². The van der Waals surface area contributed by atoms with Gasteiger partial charge in [-0.25, -0.2) is 0 Å². The largest absolute Gasteiger partial charge is 0.508 e. The fraction of sp³-hybridized carbons (Fsp3) is 0.125. The number of carbonyl (C=O) groups excluding carboxylic acids is 2. The highest BCUT2D eigenvalue weighted by atomic mass is 32.2. The first-order valence-electron chi connectivity index (χ1n) is 6.53. The molecular weight excluding hydrogens is 300 g/mol. The van der Waals surface area contributed by atoms with Crippen LogP contribution in [0.3, 0.4) is 0 Å². The van der Waals surface area contributed by atoms with Crippen LogP contribution in [-0.4, -0.2) is 30.2 Å². The zero-order valence-corrected chi connectivity index (χ0v) is 13.1. The van der Waals surface area contributed by atoms with Crippen molar-refractivity contribution in [2.45, 2.75) is 4.90 Å². The van der Waals surface area contributed by atoms with Gasteiger partial charge in [0.05, 0.1) is 0 Å². The Kier molecular flexibility index (Phi) is 5.06. The lowest BCUT2D eigenvalue weighted by Gasteiger charge is -2.17. The van der Waals surface area contributed by atoms with E-state index in [0.29, 0.717) is 11.4 Å². The van der Waals surface area contributed by atoms with Crippen molar-refractivity contribution in [3.05, 3.63) is 48.5 Å². The molecule has 0 saturated carbocycles. The molecule has 0 unspecified atom stereocenters. The van der Waals surface area contributed by atoms with Crippen molar-refractivity contribution in [2.24, 2.45) is 0 Å². The number of hydrogen-bond acceptors (Lipinski definition) is 4. The fourth-order valence-corrected chi connectivity index (χ4v) is 2.29. The molecule has 2 rings (SSSR count). The number of likely N-dealkylation sites (N-methyl/N-ethyl adjacent to an activating group) is 1. The number of thioether (sulfide) groups is 1. The van der Waals surface area contributed by atoms with Gasteiger partial charge in [-0.15, -0.1) is 11.8 Å². The molecule has 0 aromatic heterocycles. The second-order valence-electron chi connectivity index (χ2n) is 4.57. The minimum Gasteiger partial charge on any atom is -0.508 e. The topological polar surface area (TPSA) is 69.6 Å². The molecule has 0 heterocycles. The summed E-state index contributed by atoms with van der Waals surface area (Å²) in [6, 6.07) is 13.3. The van der Waals surface area contributed by atoms with Gasteiger partial charge in [0.25, 0.3) is 0 Å². The molecule has 0 fully saturated rings. The summed E-state index contributed by atoms with van der Waals surface area (Å²) in [5, 5.41) is 11.8. The van der Waals surface area contributed by atoms with Gasteiger partial charge in [0.2, 0.25) is 0 Å². The quantitative estimate of drug-likeness (QED) is 0.675. The van der Waals surface area contributed by atoms with E-state index in [1.54, 1.807) is 36.0 Å². The van der Waals surface area contributed by atoms with Crippen LogP contribution in [0.2, 0.25) is 0 Å². The zero-order chi connectivity index (χ0) is 16.1. The first-order chi connectivity index (χ1) is 10.5. The predicted octanol–water partition coefficient (Wildman–Crippen LogP) is 2.72. The highest BCUT2D eigenvalue weighted by molar-refractivity contribution is 7.98. The lowest BCUT2D eigenvalue weighted by atomic mass is 10.2. The van der Waals surface area contributed by atoms with E-state index < -0.39 is 11.8 Å². The lowest BCUT2D eigenvalue weighted by Crippen LogP contribution is -2.37. The minimum absolute atomic E-state index is 0.0999. The van der Waals surface area contributed by atoms with Gasteiger partial charge in [0.15, 0.2) is 0 Å². The van der Waals surface area contributed by atoms with E-state index >= 15 is 0 Å². The Bertz CT molecular complexity index is 686. The molecular formula is C16H16N2O3S. The summed E-state index contributed by atoms with van der Waals surface area (Å²) in [5.74, 6) is -1.29. The van der Waals surface area contributed by atoms with Gasteiger partial charge in [0.1, 0.15) is 5.75 Å². The van der Waals surface area contributed by atoms with Gasteiger partial charge < -0.3 is 15.3 Å². The van der Waals surface area contributed by atoms with E-state index in [4.69, 9.17) is 0 Å². The summed E-state index contributed by atoms with van der Waals surface area (Å²) in [5.41, 5.74) is 1.10. The summed E-state index contributed by atoms with van der Waals surface area (Å²) < 4.78 is 0. The van der Waals surface area contributed by atoms with E-state index in [2.05, 4.69) is 5.32 Å². The molecule has 2 N–H and O–H groups in total. The molecule has 2 amide bonds. The average molecular weight is 316 g/mol. The molecule has 0 bridgehead atoms. The number of anilines is 2. The maximum Gasteiger partial charge on any atom is 0.316 e. The van der Waals surface area contributed by atoms with Crippen LogP contribution in [0.5, 0.6) is 5.75 Å². The maximum absolute atomic E-state index is 12.1. The molecule has 6 heteroatoms. The second-order valence-corrected chi connectivity index (χ2v) is 5.45. The number of nitrogens with zero attached hydrogens (tertiary/aromatic N) is 1. The minimum atomic E-state index is -0.714. The molecule has 0 aliphatic carbocycles. The second kappa shape index (κ2) is 7.00. The molecule has 5 nitrogen and oxygen atoms in total. The Labute approximate surface area is 132 Å². The molecule has 0 aliphatic heterocycles. The van der Waals surface area contributed by atoms with E-state index in [1.807, 2.05) is 18.4 Å². The number of rotatable bonds is 3. The lowest BCUT2D eigenvalue weighted by molar-refractivity contribution is -0.134. The molecule has 2 aromatic carbocycles. The Balaban J connectivity index is 2.08. The van der Waals surface area contributed by atoms with Crippen LogP contribution in [0.1, 0.15) is 0 Å². The highest BCUT2D eigenvalue weighted by Gasteiger charge is 2.20. The SMILES string of the molecule is CSc1cccc(NC(=O)C(=O)N(C)c2ccc(O)cc2)c1. The van der Waals surface area contributed by atoms with Crippen LogP contribution in [0, 0.1) is 0 Å². The number of nitrogens with one attached hydrogen (secondary N) is 1. The van der Waals surface area contributed by atoms with Crippen LogP contribution < -0.4 is 10.2 Å². The van der Waals surface area contributed by atoms with Crippen molar-refractivity contribution in [1.29, 1.82) is 0 Å². The van der Waals surface area contributed by atoms with E-state index in [9.17, 15) is 14.7 Å². The van der Waals surface area contributed by atoms with Crippen LogP contribution >= 0.6 is 11.8 Å². The zero-order valence-electron chi connectivity index (χ0n) is 12.2. The van der Waals surface area contributed by atoms with Crippen LogP contribution in [0.25, 0.3) is 0 Å². The molecule has 22 heavy (non-hydrogen) atoms. The van der Waals surface area contributed by atoms with Gasteiger partial charge in [-0.1, -0.05) is 6.07 Å². The first kappa shape index (κ1) is 15.9. The van der Waals surface area contributed by atoms with Gasteiger partial charge >= 0.3 is 11.8 Å². The number of phenols is 1. The predicted molar refractivity (Wildman–Crippen MR) is 88.4 cm³/mol. The van der Waals surface area contributed by atoms with Crippen molar-refractivity contribution in [2.75, 3.05) is 23.5 Å². The van der Waals surface area contributed by atoms with Gasteiger partial charge in [-0.3, -0.25) is 9.59 Å². The highest BCUT2D eigenvalue weighted by Crippen LogP contribution is 2.20. The monoisotopic (exact) mass is 316 g/mol. The number of amides is 2. The van der Waals surface area contributed by atoms with Crippen LogP contribution in [0.15, 0.2) is 53.4 Å². The summed E-state index contributed by atoms with van der Waals surface area (Å²) in [6.45, 7) is 0. The van der Waals surface area contributed by atoms with E-state index in [0.717, 1.165) is 4.90 Å². The van der Waals surface area contributed by atoms with Gasteiger partial charge in [-0.05, 0) is 48.7 Å². The van der Waals surface area contributed by atoms with E-state index in [-0.39, 0.29) is 5.75 Å². The summed E-state index contributed by atoms with van der Waals surface area (Å²) in [6.07, 6.45) is 1.94. The molecule has 2 aromatic rings. The van der Waals surface area contributed by atoms with Crippen LogP contribution in [0.4, 0.5) is 11.4 Å². The molecule has 114 valence electrons. The third-order valence-electron chi connectivity index (χ3n) is 3.06. The Morgan fingerprint density at radius 2 is 1.82 bits per heavy atom. The standard InChI is InChI=1S/C16H16N2O3S/c1-18(12-6-8-13(19)9-7-12)16(21)15(20)17-11-4-3-5-14(10-11)22-2/h3-10,19H,1-2H3,(H,17,20).